The lowest BCUT2D eigenvalue weighted by Gasteiger charge is -2.28. The van der Waals surface area contributed by atoms with Crippen LogP contribution in [0.5, 0.6) is 0 Å². The predicted molar refractivity (Wildman–Crippen MR) is 402 cm³/mol. The highest BCUT2D eigenvalue weighted by Crippen LogP contribution is 2.23. The van der Waals surface area contributed by atoms with Gasteiger partial charge in [-0.1, -0.05) is 12.8 Å². The average Bonchev–Trinajstić information content (AvgIpc) is 4.11. The highest BCUT2D eigenvalue weighted by atomic mass is 32.2. The van der Waals surface area contributed by atoms with Gasteiger partial charge >= 0.3 is 0 Å². The molecule has 7 saturated carbocycles. The molecule has 12 unspecified atom stereocenters. The summed E-state index contributed by atoms with van der Waals surface area (Å²) < 4.78 is 16.0. The molecule has 10 aliphatic rings. The predicted octanol–water partition coefficient (Wildman–Crippen LogP) is 2.58. The molecule has 0 radical (unpaired) electrons. The van der Waals surface area contributed by atoms with Gasteiger partial charge in [-0.15, -0.1) is 0 Å². The first-order valence-corrected chi connectivity index (χ1v) is 39.6. The molecule has 0 spiro atoms. The highest BCUT2D eigenvalue weighted by Gasteiger charge is 2.28. The number of rotatable bonds is 16. The molecular weight excluding hydrogens is 1230 g/mol. The van der Waals surface area contributed by atoms with Crippen molar-refractivity contribution in [3.63, 3.8) is 0 Å². The Balaban J connectivity index is 0.000000524. The minimum absolute atomic E-state index is 0.0536. The third kappa shape index (κ3) is 43.0. The minimum Gasteiger partial charge on any atom is -0.381 e. The first-order chi connectivity index (χ1) is 45.3. The maximum Gasteiger partial charge on any atom is 0.234 e. The SMILES string of the molecule is CNC1CCC(N)C1.CNC1CCC(NC(C)=O)C1.CNC1CCC(NC(C)=O)CC1.CNC1CCC(NC)C1.CNC1CCCC1N.CNC1CCCC1NC.CNC1CCCC1NC(=O)CN.CNC1CCOCC1.CNC1CCS(=O)CC1.CNC1CCSCC1. The van der Waals surface area contributed by atoms with Gasteiger partial charge in [0.2, 0.25) is 17.7 Å². The molecule has 558 valence electrons. The van der Waals surface area contributed by atoms with E-state index in [0.29, 0.717) is 66.5 Å². The summed E-state index contributed by atoms with van der Waals surface area (Å²) in [6.07, 6.45) is 34.0. The summed E-state index contributed by atoms with van der Waals surface area (Å²) in [5, 5.41) is 47.7. The monoisotopic (exact) mass is 1380 g/mol. The summed E-state index contributed by atoms with van der Waals surface area (Å²) in [7, 11) is 23.6. The Kier molecular flexibility index (Phi) is 55.7. The van der Waals surface area contributed by atoms with Crippen molar-refractivity contribution in [2.24, 2.45) is 17.2 Å². The molecule has 3 aliphatic heterocycles. The van der Waals surface area contributed by atoms with Crippen molar-refractivity contribution >= 4 is 40.3 Å². The van der Waals surface area contributed by atoms with Gasteiger partial charge in [-0.05, 0) is 263 Å². The fraction of sp³-hybridized carbons (Fsp3) is 0.957. The zero-order valence-corrected chi connectivity index (χ0v) is 63.8. The van der Waals surface area contributed by atoms with E-state index < -0.39 is 10.8 Å². The van der Waals surface area contributed by atoms with Gasteiger partial charge in [0.15, 0.2) is 0 Å². The highest BCUT2D eigenvalue weighted by molar-refractivity contribution is 7.99. The number of carbonyl (C=O) groups is 3. The minimum atomic E-state index is -0.503. The molecule has 3 amide bonds. The normalized spacial score (nSPS) is 31.8. The van der Waals surface area contributed by atoms with Crippen LogP contribution in [0.1, 0.15) is 194 Å². The molecule has 0 aromatic carbocycles. The van der Waals surface area contributed by atoms with Crippen LogP contribution in [0.4, 0.5) is 0 Å². The Hall–Kier alpha value is -1.73. The average molecular weight is 1380 g/mol. The summed E-state index contributed by atoms with van der Waals surface area (Å²) >= 11 is 2.07. The quantitative estimate of drug-likeness (QED) is 0.106. The Labute approximate surface area is 581 Å². The van der Waals surface area contributed by atoms with Crippen LogP contribution in [0.2, 0.25) is 0 Å². The zero-order chi connectivity index (χ0) is 69.9. The fourth-order valence-corrected chi connectivity index (χ4v) is 16.5. The third-order valence-electron chi connectivity index (χ3n) is 20.6. The van der Waals surface area contributed by atoms with E-state index >= 15 is 0 Å². The molecule has 3 saturated heterocycles. The molecule has 0 bridgehead atoms. The van der Waals surface area contributed by atoms with Crippen LogP contribution >= 0.6 is 11.8 Å². The molecule has 3 heterocycles. The molecule has 0 aromatic heterocycles. The molecule has 21 N–H and O–H groups in total. The largest absolute Gasteiger partial charge is 0.381 e. The lowest BCUT2D eigenvalue weighted by atomic mass is 9.91. The lowest BCUT2D eigenvalue weighted by molar-refractivity contribution is -0.121. The maximum absolute atomic E-state index is 11.0. The van der Waals surface area contributed by atoms with Gasteiger partial charge in [0.05, 0.1) is 6.54 Å². The number of amides is 3. The summed E-state index contributed by atoms with van der Waals surface area (Å²) in [4.78, 5) is 32.4. The smallest absolute Gasteiger partial charge is 0.234 e. The van der Waals surface area contributed by atoms with E-state index in [2.05, 4.69) is 98.6 Å². The molecule has 10 fully saturated rings. The molecular formula is C69H150N18O5S2. The van der Waals surface area contributed by atoms with Gasteiger partial charge in [0.25, 0.3) is 0 Å². The molecule has 94 heavy (non-hydrogen) atoms. The Bertz CT molecular complexity index is 1790. The number of ether oxygens (including phenoxy) is 1. The second kappa shape index (κ2) is 58.0. The molecule has 23 nitrogen and oxygen atoms in total. The Morgan fingerprint density at radius 1 is 0.372 bits per heavy atom. The van der Waals surface area contributed by atoms with Crippen LogP contribution in [0.3, 0.4) is 0 Å². The second-order valence-corrected chi connectivity index (χ2v) is 30.2. The summed E-state index contributed by atoms with van der Waals surface area (Å²) in [5.41, 5.74) is 16.6. The first kappa shape index (κ1) is 90.3. The van der Waals surface area contributed by atoms with Crippen LogP contribution in [0.15, 0.2) is 0 Å². The van der Waals surface area contributed by atoms with E-state index in [1.807, 2.05) is 77.5 Å². The molecule has 25 heteroatoms. The van der Waals surface area contributed by atoms with Crippen molar-refractivity contribution in [3.05, 3.63) is 0 Å². The third-order valence-corrected chi connectivity index (χ3v) is 23.0. The number of nitrogens with two attached hydrogens (primary N) is 3. The van der Waals surface area contributed by atoms with Crippen molar-refractivity contribution in [3.8, 4) is 0 Å². The van der Waals surface area contributed by atoms with Crippen molar-refractivity contribution in [2.45, 2.75) is 296 Å². The maximum atomic E-state index is 11.0. The summed E-state index contributed by atoms with van der Waals surface area (Å²) in [6, 6.07) is 10.1. The number of thioether (sulfide) groups is 1. The lowest BCUT2D eigenvalue weighted by Crippen LogP contribution is -2.47. The Morgan fingerprint density at radius 3 is 1.06 bits per heavy atom. The van der Waals surface area contributed by atoms with E-state index in [1.54, 1.807) is 13.8 Å². The van der Waals surface area contributed by atoms with Crippen LogP contribution in [-0.4, -0.2) is 252 Å². The van der Waals surface area contributed by atoms with Gasteiger partial charge < -0.3 is 102 Å². The molecule has 12 atom stereocenters. The number of hydrogen-bond acceptors (Lipinski definition) is 21. The van der Waals surface area contributed by atoms with E-state index in [-0.39, 0.29) is 30.3 Å². The van der Waals surface area contributed by atoms with Crippen molar-refractivity contribution < 1.29 is 23.3 Å². The molecule has 0 aromatic rings. The molecule has 10 rings (SSSR count). The number of hydrogen-bond donors (Lipinski definition) is 18. The van der Waals surface area contributed by atoms with Gasteiger partial charge in [0, 0.05) is 152 Å². The van der Waals surface area contributed by atoms with Gasteiger partial charge in [-0.2, -0.15) is 11.8 Å². The fourth-order valence-electron chi connectivity index (χ4n) is 14.1. The summed E-state index contributed by atoms with van der Waals surface area (Å²) in [5.74, 6) is 4.63. The molecule has 7 aliphatic carbocycles. The van der Waals surface area contributed by atoms with Crippen LogP contribution < -0.4 is 97.0 Å². The van der Waals surface area contributed by atoms with Crippen LogP contribution in [0.25, 0.3) is 0 Å². The standard InChI is InChI=1S/C9H18N2O.C8H17N3O.C8H16N2O.2C7H16N2.2C6H14N2.C6H13NOS.C6H13NO.C6H13NS/c1-7(12)11-9-5-3-8(10-2)4-6-9;1-10-6-3-2-4-7(6)11-8(12)5-9;1-6(11)10-8-4-3-7(5-8)9-2;1-8-6-3-4-7(5-6)9-2;1-8-6-4-3-5-7(6)9-2;1-8-6-3-2-5(7)4-6;1-8-6-4-2-3-5(6)7;1-7-6-2-4-9(8)5-3-6;2*1-7-6-2-4-8-5-3-6/h8-10H,3-6H2,1-2H3,(H,11,12);6-7,10H,2-5,9H2,1H3,(H,11,12);7-9H,3-5H2,1-2H3,(H,10,11);2*6-9H,3-5H2,1-2H3;2*5-6,8H,2-4,7H2,1H3;6-7H,2-5H2,1H3;2*6-7H,2-5H2,1H3. The van der Waals surface area contributed by atoms with Crippen molar-refractivity contribution in [1.82, 2.24) is 79.8 Å². The number of likely N-dealkylation sites (N-methyl/N-ethyl adjacent to an activating group) is 4. The van der Waals surface area contributed by atoms with E-state index in [1.165, 1.54) is 134 Å². The number of carbonyl (C=O) groups excluding carboxylic acids is 3. The number of nitrogens with one attached hydrogen (secondary N) is 15. The van der Waals surface area contributed by atoms with Gasteiger partial charge in [-0.25, -0.2) is 0 Å². The van der Waals surface area contributed by atoms with Crippen LogP contribution in [0, 0.1) is 0 Å². The van der Waals surface area contributed by atoms with E-state index in [9.17, 15) is 18.6 Å². The topological polar surface area (TPSA) is 336 Å². The van der Waals surface area contributed by atoms with E-state index in [0.717, 1.165) is 113 Å². The van der Waals surface area contributed by atoms with Crippen molar-refractivity contribution in [1.29, 1.82) is 0 Å². The zero-order valence-electron chi connectivity index (χ0n) is 62.2. The van der Waals surface area contributed by atoms with Crippen molar-refractivity contribution in [2.75, 3.05) is 127 Å². The first-order valence-electron chi connectivity index (χ1n) is 37.0. The van der Waals surface area contributed by atoms with Gasteiger partial charge in [0.1, 0.15) is 0 Å². The van der Waals surface area contributed by atoms with Gasteiger partial charge in [-0.3, -0.25) is 18.6 Å². The van der Waals surface area contributed by atoms with Crippen LogP contribution in [-0.2, 0) is 29.9 Å². The van der Waals surface area contributed by atoms with E-state index in [4.69, 9.17) is 21.9 Å². The summed E-state index contributed by atoms with van der Waals surface area (Å²) in [6.45, 7) is 5.13. The Morgan fingerprint density at radius 2 is 0.713 bits per heavy atom. The second-order valence-electron chi connectivity index (χ2n) is 27.3.